The van der Waals surface area contributed by atoms with Crippen LogP contribution in [0.3, 0.4) is 0 Å². The summed E-state index contributed by atoms with van der Waals surface area (Å²) in [5, 5.41) is 30.5. The van der Waals surface area contributed by atoms with Crippen molar-refractivity contribution >= 4 is 17.7 Å². The van der Waals surface area contributed by atoms with E-state index in [0.717, 1.165) is 0 Å². The summed E-state index contributed by atoms with van der Waals surface area (Å²) >= 11 is 0. The molecule has 0 heterocycles. The molecule has 0 saturated carbocycles. The van der Waals surface area contributed by atoms with E-state index in [1.54, 1.807) is 36.4 Å². The molecule has 4 rings (SSSR count). The van der Waals surface area contributed by atoms with Gasteiger partial charge in [0.25, 0.3) is 11.4 Å². The largest absolute Gasteiger partial charge is 0.457 e. The van der Waals surface area contributed by atoms with Crippen molar-refractivity contribution in [3.63, 3.8) is 0 Å². The van der Waals surface area contributed by atoms with Crippen LogP contribution in [-0.2, 0) is 6.61 Å². The van der Waals surface area contributed by atoms with Crippen molar-refractivity contribution in [1.29, 1.82) is 0 Å². The summed E-state index contributed by atoms with van der Waals surface area (Å²) in [6, 6.07) is 26.4. The minimum Gasteiger partial charge on any atom is -0.457 e. The van der Waals surface area contributed by atoms with Crippen LogP contribution < -0.4 is 9.47 Å². The number of carbonyl (C=O) groups is 1. The first-order valence-electron chi connectivity index (χ1n) is 10.5. The van der Waals surface area contributed by atoms with Crippen molar-refractivity contribution in [3.8, 4) is 23.0 Å². The number of carbonyl (C=O) groups excluding carboxylic acids is 1. The van der Waals surface area contributed by atoms with Gasteiger partial charge in [-0.1, -0.05) is 36.4 Å². The van der Waals surface area contributed by atoms with E-state index in [1.165, 1.54) is 36.4 Å². The lowest BCUT2D eigenvalue weighted by molar-refractivity contribution is -0.385. The highest BCUT2D eigenvalue weighted by atomic mass is 16.6. The summed E-state index contributed by atoms with van der Waals surface area (Å²) in [5.74, 6) is 2.07. The Kier molecular flexibility index (Phi) is 8.79. The summed E-state index contributed by atoms with van der Waals surface area (Å²) in [7, 11) is 0. The topological polar surface area (TPSA) is 142 Å². The third-order valence-electron chi connectivity index (χ3n) is 4.70. The molecule has 0 aromatic heterocycles. The van der Waals surface area contributed by atoms with Gasteiger partial charge in [-0.25, -0.2) is 0 Å². The fraction of sp³-hybridized carbons (Fsp3) is 0.0385. The normalized spacial score (nSPS) is 9.92. The van der Waals surface area contributed by atoms with E-state index in [4.69, 9.17) is 14.6 Å². The molecule has 182 valence electrons. The van der Waals surface area contributed by atoms with Crippen molar-refractivity contribution in [2.45, 2.75) is 6.61 Å². The Balaban J connectivity index is 0.000000201. The van der Waals surface area contributed by atoms with Gasteiger partial charge < -0.3 is 14.6 Å². The van der Waals surface area contributed by atoms with Gasteiger partial charge in [0.1, 0.15) is 23.0 Å². The Morgan fingerprint density at radius 3 is 1.58 bits per heavy atom. The van der Waals surface area contributed by atoms with Crippen LogP contribution in [0.4, 0.5) is 11.4 Å². The highest BCUT2D eigenvalue weighted by Gasteiger charge is 2.15. The summed E-state index contributed by atoms with van der Waals surface area (Å²) in [4.78, 5) is 31.0. The van der Waals surface area contributed by atoms with Crippen LogP contribution in [0.15, 0.2) is 97.1 Å². The zero-order valence-corrected chi connectivity index (χ0v) is 18.7. The molecule has 4 aromatic carbocycles. The molecule has 0 aliphatic rings. The van der Waals surface area contributed by atoms with Gasteiger partial charge in [0.05, 0.1) is 27.6 Å². The van der Waals surface area contributed by atoms with Crippen LogP contribution in [0, 0.1) is 20.2 Å². The molecule has 0 amide bonds. The van der Waals surface area contributed by atoms with E-state index in [-0.39, 0.29) is 22.5 Å². The molecule has 0 saturated heterocycles. The Morgan fingerprint density at radius 1 is 0.667 bits per heavy atom. The lowest BCUT2D eigenvalue weighted by atomic mass is 10.2. The number of ether oxygens (including phenoxy) is 2. The van der Waals surface area contributed by atoms with E-state index in [0.29, 0.717) is 29.3 Å². The summed E-state index contributed by atoms with van der Waals surface area (Å²) in [6.07, 6.45) is 0.440. The zero-order chi connectivity index (χ0) is 25.9. The third kappa shape index (κ3) is 6.95. The van der Waals surface area contributed by atoms with Crippen LogP contribution in [0.5, 0.6) is 23.0 Å². The average molecular weight is 488 g/mol. The summed E-state index contributed by atoms with van der Waals surface area (Å²) < 4.78 is 11.0. The number of hydrogen-bond donors (Lipinski definition) is 1. The molecule has 1 N–H and O–H groups in total. The maximum atomic E-state index is 10.8. The predicted molar refractivity (Wildman–Crippen MR) is 131 cm³/mol. The molecule has 0 bridgehead atoms. The van der Waals surface area contributed by atoms with Crippen molar-refractivity contribution in [1.82, 2.24) is 0 Å². The van der Waals surface area contributed by atoms with Gasteiger partial charge in [-0.15, -0.1) is 0 Å². The molecule has 0 unspecified atom stereocenters. The van der Waals surface area contributed by atoms with E-state index >= 15 is 0 Å². The molecule has 4 aromatic rings. The third-order valence-corrected chi connectivity index (χ3v) is 4.70. The van der Waals surface area contributed by atoms with Gasteiger partial charge in [0, 0.05) is 12.1 Å². The first-order chi connectivity index (χ1) is 17.4. The number of nitrogens with zero attached hydrogens (tertiary/aromatic N) is 2. The van der Waals surface area contributed by atoms with Gasteiger partial charge in [-0.05, 0) is 48.5 Å². The van der Waals surface area contributed by atoms with Gasteiger partial charge in [0.2, 0.25) is 0 Å². The van der Waals surface area contributed by atoms with Crippen LogP contribution in [-0.4, -0.2) is 21.2 Å². The van der Waals surface area contributed by atoms with E-state index in [1.807, 2.05) is 24.3 Å². The first-order valence-corrected chi connectivity index (χ1v) is 10.5. The molecule has 0 fully saturated rings. The predicted octanol–water partition coefficient (Wildman–Crippen LogP) is 6.08. The molecule has 0 aliphatic heterocycles. The number of aliphatic hydroxyl groups excluding tert-OH is 1. The number of aliphatic hydroxyl groups is 1. The van der Waals surface area contributed by atoms with Crippen molar-refractivity contribution in [2.75, 3.05) is 0 Å². The molecule has 0 spiro atoms. The molecular formula is C26H20N2O8. The molecule has 0 aliphatic carbocycles. The molecular weight excluding hydrogens is 468 g/mol. The van der Waals surface area contributed by atoms with Crippen molar-refractivity contribution in [2.24, 2.45) is 0 Å². The monoisotopic (exact) mass is 488 g/mol. The average Bonchev–Trinajstić information content (AvgIpc) is 2.89. The lowest BCUT2D eigenvalue weighted by Crippen LogP contribution is -1.96. The van der Waals surface area contributed by atoms with E-state index in [9.17, 15) is 25.0 Å². The van der Waals surface area contributed by atoms with Crippen molar-refractivity contribution < 1.29 is 29.2 Å². The minimum absolute atomic E-state index is 0.00608. The Hall–Kier alpha value is -5.09. The molecule has 0 radical (unpaired) electrons. The van der Waals surface area contributed by atoms with Gasteiger partial charge in [-0.3, -0.25) is 25.0 Å². The fourth-order valence-corrected chi connectivity index (χ4v) is 3.04. The number of para-hydroxylation sites is 2. The summed E-state index contributed by atoms with van der Waals surface area (Å²) in [5.41, 5.74) is -0.120. The Bertz CT molecular complexity index is 1340. The van der Waals surface area contributed by atoms with E-state index in [2.05, 4.69) is 0 Å². The lowest BCUT2D eigenvalue weighted by Gasteiger charge is -2.07. The molecule has 0 atom stereocenters. The fourth-order valence-electron chi connectivity index (χ4n) is 3.04. The van der Waals surface area contributed by atoms with Crippen LogP contribution in [0.25, 0.3) is 0 Å². The second kappa shape index (κ2) is 12.4. The zero-order valence-electron chi connectivity index (χ0n) is 18.7. The van der Waals surface area contributed by atoms with Crippen LogP contribution in [0.1, 0.15) is 15.9 Å². The molecule has 10 heteroatoms. The second-order valence-corrected chi connectivity index (χ2v) is 7.13. The van der Waals surface area contributed by atoms with Gasteiger partial charge >= 0.3 is 0 Å². The highest BCUT2D eigenvalue weighted by molar-refractivity contribution is 5.82. The Labute approximate surface area is 205 Å². The van der Waals surface area contributed by atoms with Gasteiger partial charge in [0.15, 0.2) is 6.29 Å². The molecule has 36 heavy (non-hydrogen) atoms. The highest BCUT2D eigenvalue weighted by Crippen LogP contribution is 2.28. The number of nitro groups is 2. The van der Waals surface area contributed by atoms with Crippen LogP contribution >= 0.6 is 0 Å². The number of benzene rings is 4. The molecule has 10 nitrogen and oxygen atoms in total. The smallest absolute Gasteiger partial charge is 0.280 e. The SMILES string of the molecule is O=Cc1cc(Oc2ccccc2)ccc1[N+](=O)[O-].O=[N+]([O-])c1ccc(Oc2ccccc2)cc1CO. The van der Waals surface area contributed by atoms with Crippen molar-refractivity contribution in [3.05, 3.63) is 128 Å². The maximum Gasteiger partial charge on any atom is 0.280 e. The number of hydrogen-bond acceptors (Lipinski definition) is 8. The van der Waals surface area contributed by atoms with Crippen LogP contribution in [0.2, 0.25) is 0 Å². The quantitative estimate of drug-likeness (QED) is 0.179. The number of aldehydes is 1. The summed E-state index contributed by atoms with van der Waals surface area (Å²) in [6.45, 7) is -0.400. The standard InChI is InChI=1S/C13H11NO4.C13H9NO4/c2*15-9-10-8-12(6-7-13(10)14(16)17)18-11-4-2-1-3-5-11/h1-8,15H,9H2;1-9H. The van der Waals surface area contributed by atoms with E-state index < -0.39 is 16.5 Å². The Morgan fingerprint density at radius 2 is 1.14 bits per heavy atom. The second-order valence-electron chi connectivity index (χ2n) is 7.13. The first kappa shape index (κ1) is 25.5. The maximum absolute atomic E-state index is 10.8. The number of nitro benzene ring substituents is 2. The van der Waals surface area contributed by atoms with Gasteiger partial charge in [-0.2, -0.15) is 0 Å². The minimum atomic E-state index is -0.601. The number of rotatable bonds is 8.